The minimum atomic E-state index is -1.08. The van der Waals surface area contributed by atoms with Gasteiger partial charge in [0, 0.05) is 39.3 Å². The number of rotatable bonds is 5. The van der Waals surface area contributed by atoms with Crippen molar-refractivity contribution in [2.45, 2.75) is 31.9 Å². The van der Waals surface area contributed by atoms with Crippen LogP contribution in [0.2, 0.25) is 0 Å². The lowest BCUT2D eigenvalue weighted by Crippen LogP contribution is -2.52. The number of hydrogen-bond acceptors (Lipinski definition) is 5. The molecule has 0 spiro atoms. The van der Waals surface area contributed by atoms with E-state index in [1.165, 1.54) is 0 Å². The highest BCUT2D eigenvalue weighted by atomic mass is 16.5. The molecule has 0 saturated carbocycles. The summed E-state index contributed by atoms with van der Waals surface area (Å²) in [6.45, 7) is 10.2. The fourth-order valence-corrected chi connectivity index (χ4v) is 3.11. The Kier molecular flexibility index (Phi) is 5.01. The Balaban J connectivity index is 1.81. The average molecular weight is 285 g/mol. The summed E-state index contributed by atoms with van der Waals surface area (Å²) in [5.41, 5.74) is 4.82. The third-order valence-electron chi connectivity index (χ3n) is 4.11. The normalized spacial score (nSPS) is 32.9. The second-order valence-corrected chi connectivity index (χ2v) is 6.59. The van der Waals surface area contributed by atoms with Gasteiger partial charge in [-0.3, -0.25) is 14.6 Å². The van der Waals surface area contributed by atoms with Crippen molar-refractivity contribution < 1.29 is 14.6 Å². The molecule has 0 aromatic heterocycles. The third-order valence-corrected chi connectivity index (χ3v) is 4.11. The summed E-state index contributed by atoms with van der Waals surface area (Å²) < 4.78 is 5.81. The number of carboxylic acids is 1. The van der Waals surface area contributed by atoms with E-state index >= 15 is 0 Å². The van der Waals surface area contributed by atoms with Gasteiger partial charge in [-0.05, 0) is 12.3 Å². The Labute approximate surface area is 120 Å². The molecule has 3 N–H and O–H groups in total. The summed E-state index contributed by atoms with van der Waals surface area (Å²) in [7, 11) is 0. The topological polar surface area (TPSA) is 79.0 Å². The number of carbonyl (C=O) groups is 1. The zero-order valence-electron chi connectivity index (χ0n) is 12.5. The highest BCUT2D eigenvalue weighted by Gasteiger charge is 2.41. The molecule has 0 bridgehead atoms. The fourth-order valence-electron chi connectivity index (χ4n) is 3.11. The average Bonchev–Trinajstić information content (AvgIpc) is 2.72. The van der Waals surface area contributed by atoms with Gasteiger partial charge in [0.1, 0.15) is 5.54 Å². The molecule has 2 unspecified atom stereocenters. The van der Waals surface area contributed by atoms with E-state index in [-0.39, 0.29) is 6.10 Å². The number of carboxylic acid groups (broad SMARTS) is 1. The molecule has 2 heterocycles. The van der Waals surface area contributed by atoms with Crippen LogP contribution < -0.4 is 5.73 Å². The minimum absolute atomic E-state index is 0.165. The molecule has 0 aromatic carbocycles. The van der Waals surface area contributed by atoms with E-state index in [0.717, 1.165) is 39.3 Å². The first-order chi connectivity index (χ1) is 9.39. The first kappa shape index (κ1) is 15.7. The Hall–Kier alpha value is -0.690. The monoisotopic (exact) mass is 285 g/mol. The second-order valence-electron chi connectivity index (χ2n) is 6.59. The number of aliphatic carboxylic acids is 1. The predicted molar refractivity (Wildman–Crippen MR) is 76.6 cm³/mol. The molecule has 0 radical (unpaired) electrons. The standard InChI is InChI=1S/C14H27N3O3/c1-11(2)7-16-5-6-20-12(8-16)9-17-4-3-14(15,10-17)13(18)19/h11-12H,3-10,15H2,1-2H3,(H,18,19). The van der Waals surface area contributed by atoms with Crippen LogP contribution in [-0.2, 0) is 9.53 Å². The molecule has 0 aromatic rings. The minimum Gasteiger partial charge on any atom is -0.480 e. The van der Waals surface area contributed by atoms with Crippen LogP contribution in [0.3, 0.4) is 0 Å². The lowest BCUT2D eigenvalue weighted by Gasteiger charge is -2.35. The van der Waals surface area contributed by atoms with Crippen LogP contribution in [0.5, 0.6) is 0 Å². The SMILES string of the molecule is CC(C)CN1CCOC(CN2CCC(N)(C(=O)O)C2)C1. The molecule has 0 aliphatic carbocycles. The van der Waals surface area contributed by atoms with Gasteiger partial charge in [-0.25, -0.2) is 0 Å². The molecular formula is C14H27N3O3. The van der Waals surface area contributed by atoms with Gasteiger partial charge in [0.05, 0.1) is 12.7 Å². The van der Waals surface area contributed by atoms with E-state index in [1.54, 1.807) is 0 Å². The van der Waals surface area contributed by atoms with Crippen LogP contribution in [0.25, 0.3) is 0 Å². The molecule has 2 rings (SSSR count). The number of morpholine rings is 1. The van der Waals surface area contributed by atoms with Gasteiger partial charge in [0.25, 0.3) is 0 Å². The molecule has 20 heavy (non-hydrogen) atoms. The van der Waals surface area contributed by atoms with Crippen LogP contribution in [0.15, 0.2) is 0 Å². The lowest BCUT2D eigenvalue weighted by molar-refractivity contribution is -0.142. The maximum Gasteiger partial charge on any atom is 0.325 e. The molecule has 6 nitrogen and oxygen atoms in total. The van der Waals surface area contributed by atoms with Gasteiger partial charge in [0.15, 0.2) is 0 Å². The van der Waals surface area contributed by atoms with Gasteiger partial charge in [-0.15, -0.1) is 0 Å². The van der Waals surface area contributed by atoms with Crippen molar-refractivity contribution in [1.82, 2.24) is 9.80 Å². The Morgan fingerprint density at radius 2 is 2.20 bits per heavy atom. The number of hydrogen-bond donors (Lipinski definition) is 2. The molecule has 2 aliphatic rings. The Morgan fingerprint density at radius 1 is 1.45 bits per heavy atom. The van der Waals surface area contributed by atoms with Crippen molar-refractivity contribution in [3.8, 4) is 0 Å². The summed E-state index contributed by atoms with van der Waals surface area (Å²) in [6.07, 6.45) is 0.684. The van der Waals surface area contributed by atoms with Gasteiger partial charge >= 0.3 is 5.97 Å². The van der Waals surface area contributed by atoms with Crippen LogP contribution in [0.4, 0.5) is 0 Å². The molecule has 116 valence electrons. The first-order valence-electron chi connectivity index (χ1n) is 7.47. The summed E-state index contributed by atoms with van der Waals surface area (Å²) in [4.78, 5) is 15.7. The first-order valence-corrected chi connectivity index (χ1v) is 7.47. The molecular weight excluding hydrogens is 258 g/mol. The van der Waals surface area contributed by atoms with Gasteiger partial charge in [-0.2, -0.15) is 0 Å². The van der Waals surface area contributed by atoms with Crippen molar-refractivity contribution in [3.05, 3.63) is 0 Å². The fraction of sp³-hybridized carbons (Fsp3) is 0.929. The maximum atomic E-state index is 11.1. The Morgan fingerprint density at radius 3 is 2.80 bits per heavy atom. The van der Waals surface area contributed by atoms with Crippen LogP contribution in [-0.4, -0.2) is 78.4 Å². The van der Waals surface area contributed by atoms with Gasteiger partial charge in [-0.1, -0.05) is 13.8 Å². The molecule has 0 amide bonds. The van der Waals surface area contributed by atoms with Gasteiger partial charge < -0.3 is 15.6 Å². The largest absolute Gasteiger partial charge is 0.480 e. The van der Waals surface area contributed by atoms with Crippen molar-refractivity contribution in [2.24, 2.45) is 11.7 Å². The Bertz CT molecular complexity index is 351. The molecule has 2 aliphatic heterocycles. The van der Waals surface area contributed by atoms with Crippen LogP contribution in [0, 0.1) is 5.92 Å². The number of likely N-dealkylation sites (tertiary alicyclic amines) is 1. The third kappa shape index (κ3) is 3.91. The summed E-state index contributed by atoms with van der Waals surface area (Å²) in [5, 5.41) is 9.15. The highest BCUT2D eigenvalue weighted by molar-refractivity contribution is 5.79. The van der Waals surface area contributed by atoms with E-state index in [4.69, 9.17) is 15.6 Å². The lowest BCUT2D eigenvalue weighted by atomic mass is 10.0. The van der Waals surface area contributed by atoms with Crippen molar-refractivity contribution in [1.29, 1.82) is 0 Å². The summed E-state index contributed by atoms with van der Waals surface area (Å²) in [5.74, 6) is -0.241. The van der Waals surface area contributed by atoms with E-state index in [1.807, 2.05) is 0 Å². The predicted octanol–water partition coefficient (Wildman–Crippen LogP) is -0.169. The van der Waals surface area contributed by atoms with Crippen LogP contribution in [0.1, 0.15) is 20.3 Å². The summed E-state index contributed by atoms with van der Waals surface area (Å²) >= 11 is 0. The highest BCUT2D eigenvalue weighted by Crippen LogP contribution is 2.20. The second kappa shape index (κ2) is 6.39. The summed E-state index contributed by atoms with van der Waals surface area (Å²) in [6, 6.07) is 0. The van der Waals surface area contributed by atoms with E-state index < -0.39 is 11.5 Å². The van der Waals surface area contributed by atoms with Crippen molar-refractivity contribution in [2.75, 3.05) is 45.9 Å². The zero-order valence-corrected chi connectivity index (χ0v) is 12.5. The van der Waals surface area contributed by atoms with E-state index in [0.29, 0.717) is 18.9 Å². The maximum absolute atomic E-state index is 11.1. The van der Waals surface area contributed by atoms with Gasteiger partial charge in [0.2, 0.25) is 0 Å². The number of nitrogens with two attached hydrogens (primary N) is 1. The number of nitrogens with zero attached hydrogens (tertiary/aromatic N) is 2. The quantitative estimate of drug-likeness (QED) is 0.730. The molecule has 2 atom stereocenters. The molecule has 6 heteroatoms. The van der Waals surface area contributed by atoms with E-state index in [9.17, 15) is 4.79 Å². The smallest absolute Gasteiger partial charge is 0.325 e. The molecule has 2 fully saturated rings. The molecule has 2 saturated heterocycles. The van der Waals surface area contributed by atoms with Crippen LogP contribution >= 0.6 is 0 Å². The zero-order chi connectivity index (χ0) is 14.8. The van der Waals surface area contributed by atoms with Crippen molar-refractivity contribution in [3.63, 3.8) is 0 Å². The van der Waals surface area contributed by atoms with E-state index in [2.05, 4.69) is 23.6 Å². The van der Waals surface area contributed by atoms with Crippen molar-refractivity contribution >= 4 is 5.97 Å². The number of ether oxygens (including phenoxy) is 1.